The Labute approximate surface area is 143 Å². The first-order chi connectivity index (χ1) is 11.2. The minimum Gasteiger partial charge on any atom is -0.349 e. The lowest BCUT2D eigenvalue weighted by Crippen LogP contribution is -2.06. The molecule has 0 unspecified atom stereocenters. The highest BCUT2D eigenvalue weighted by Gasteiger charge is 2.07. The summed E-state index contributed by atoms with van der Waals surface area (Å²) >= 11 is 12.3. The highest BCUT2D eigenvalue weighted by Crippen LogP contribution is 2.32. The summed E-state index contributed by atoms with van der Waals surface area (Å²) in [5.41, 5.74) is 1.52. The quantitative estimate of drug-likeness (QED) is 0.710. The van der Waals surface area contributed by atoms with Crippen LogP contribution < -0.4 is 10.6 Å². The third kappa shape index (κ3) is 4.09. The van der Waals surface area contributed by atoms with Crippen molar-refractivity contribution in [1.29, 1.82) is 0 Å². The zero-order chi connectivity index (χ0) is 16.1. The summed E-state index contributed by atoms with van der Waals surface area (Å²) < 4.78 is 0. The number of nitrogens with one attached hydrogen (secondary N) is 2. The van der Waals surface area contributed by atoms with Gasteiger partial charge in [-0.2, -0.15) is 4.98 Å². The number of pyridine rings is 1. The van der Waals surface area contributed by atoms with Gasteiger partial charge < -0.3 is 10.6 Å². The standard InChI is InChI=1S/C16H13Cl2N5/c17-12-5-3-6-13(18)15(12)22-14-7-9-20-16(23-14)21-10-11-4-1-2-8-19-11/h1-9H,10H2,(H2,20,21,22,23). The van der Waals surface area contributed by atoms with E-state index in [4.69, 9.17) is 23.2 Å². The average molecular weight is 346 g/mol. The van der Waals surface area contributed by atoms with E-state index in [2.05, 4.69) is 25.6 Å². The van der Waals surface area contributed by atoms with E-state index in [-0.39, 0.29) is 0 Å². The van der Waals surface area contributed by atoms with E-state index < -0.39 is 0 Å². The van der Waals surface area contributed by atoms with E-state index in [1.165, 1.54) is 0 Å². The first-order valence-electron chi connectivity index (χ1n) is 6.90. The number of halogens is 2. The molecule has 0 aliphatic carbocycles. The molecule has 23 heavy (non-hydrogen) atoms. The number of benzene rings is 1. The zero-order valence-corrected chi connectivity index (χ0v) is 13.5. The molecule has 0 aliphatic rings. The number of hydrogen-bond acceptors (Lipinski definition) is 5. The lowest BCUT2D eigenvalue weighted by atomic mass is 10.3. The predicted octanol–water partition coefficient (Wildman–Crippen LogP) is 4.53. The molecular formula is C16H13Cl2N5. The Morgan fingerprint density at radius 2 is 1.70 bits per heavy atom. The Bertz CT molecular complexity index is 775. The van der Waals surface area contributed by atoms with Crippen LogP contribution in [0.5, 0.6) is 0 Å². The van der Waals surface area contributed by atoms with E-state index in [1.807, 2.05) is 18.2 Å². The van der Waals surface area contributed by atoms with Gasteiger partial charge in [-0.05, 0) is 30.3 Å². The molecule has 3 aromatic rings. The molecule has 0 saturated heterocycles. The highest BCUT2D eigenvalue weighted by atomic mass is 35.5. The van der Waals surface area contributed by atoms with Gasteiger partial charge in [-0.1, -0.05) is 35.3 Å². The normalized spacial score (nSPS) is 10.3. The molecule has 3 rings (SSSR count). The molecule has 0 fully saturated rings. The van der Waals surface area contributed by atoms with Crippen molar-refractivity contribution in [3.8, 4) is 0 Å². The summed E-state index contributed by atoms with van der Waals surface area (Å²) in [5, 5.41) is 7.29. The van der Waals surface area contributed by atoms with E-state index in [9.17, 15) is 0 Å². The molecule has 2 aromatic heterocycles. The molecule has 0 radical (unpaired) electrons. The fourth-order valence-electron chi connectivity index (χ4n) is 1.93. The first kappa shape index (κ1) is 15.5. The van der Waals surface area contributed by atoms with Crippen LogP contribution in [0.25, 0.3) is 0 Å². The summed E-state index contributed by atoms with van der Waals surface area (Å²) in [7, 11) is 0. The number of rotatable bonds is 5. The summed E-state index contributed by atoms with van der Waals surface area (Å²) in [6.45, 7) is 0.539. The highest BCUT2D eigenvalue weighted by molar-refractivity contribution is 6.39. The number of aromatic nitrogens is 3. The molecule has 0 atom stereocenters. The van der Waals surface area contributed by atoms with Crippen molar-refractivity contribution in [3.05, 3.63) is 70.6 Å². The molecule has 116 valence electrons. The average Bonchev–Trinajstić information content (AvgIpc) is 2.58. The maximum absolute atomic E-state index is 6.15. The molecule has 0 aliphatic heterocycles. The SMILES string of the molecule is Clc1cccc(Cl)c1Nc1ccnc(NCc2ccccn2)n1. The van der Waals surface area contributed by atoms with Crippen molar-refractivity contribution >= 4 is 40.7 Å². The van der Waals surface area contributed by atoms with E-state index in [1.54, 1.807) is 36.7 Å². The second-order valence-electron chi connectivity index (χ2n) is 4.66. The van der Waals surface area contributed by atoms with Crippen LogP contribution >= 0.6 is 23.2 Å². The van der Waals surface area contributed by atoms with Gasteiger partial charge in [0, 0.05) is 12.4 Å². The number of hydrogen-bond donors (Lipinski definition) is 2. The largest absolute Gasteiger partial charge is 0.349 e. The van der Waals surface area contributed by atoms with Crippen LogP contribution in [-0.2, 0) is 6.54 Å². The van der Waals surface area contributed by atoms with Gasteiger partial charge in [0.1, 0.15) is 5.82 Å². The van der Waals surface area contributed by atoms with E-state index in [0.29, 0.717) is 34.0 Å². The van der Waals surface area contributed by atoms with Gasteiger partial charge in [0.25, 0.3) is 0 Å². The Balaban J connectivity index is 1.72. The summed E-state index contributed by atoms with van der Waals surface area (Å²) in [5.74, 6) is 1.09. The summed E-state index contributed by atoms with van der Waals surface area (Å²) in [6.07, 6.45) is 3.40. The van der Waals surface area contributed by atoms with Gasteiger partial charge >= 0.3 is 0 Å². The molecule has 2 heterocycles. The van der Waals surface area contributed by atoms with Crippen LogP contribution in [0, 0.1) is 0 Å². The van der Waals surface area contributed by atoms with Gasteiger partial charge in [0.2, 0.25) is 5.95 Å². The summed E-state index contributed by atoms with van der Waals surface area (Å²) in [6, 6.07) is 12.8. The molecule has 0 bridgehead atoms. The van der Waals surface area contributed by atoms with Crippen LogP contribution in [0.2, 0.25) is 10.0 Å². The number of nitrogens with zero attached hydrogens (tertiary/aromatic N) is 3. The topological polar surface area (TPSA) is 62.7 Å². The molecule has 0 amide bonds. The lowest BCUT2D eigenvalue weighted by Gasteiger charge is -2.10. The lowest BCUT2D eigenvalue weighted by molar-refractivity contribution is 1.00. The third-order valence-corrected chi connectivity index (χ3v) is 3.66. The van der Waals surface area contributed by atoms with Crippen molar-refractivity contribution in [2.45, 2.75) is 6.54 Å². The van der Waals surface area contributed by atoms with Crippen molar-refractivity contribution in [2.24, 2.45) is 0 Å². The fourth-order valence-corrected chi connectivity index (χ4v) is 2.42. The maximum Gasteiger partial charge on any atom is 0.224 e. The van der Waals surface area contributed by atoms with Crippen LogP contribution in [0.1, 0.15) is 5.69 Å². The fraction of sp³-hybridized carbons (Fsp3) is 0.0625. The van der Waals surface area contributed by atoms with Gasteiger partial charge in [-0.15, -0.1) is 0 Å². The van der Waals surface area contributed by atoms with Gasteiger partial charge in [-0.3, -0.25) is 4.98 Å². The van der Waals surface area contributed by atoms with Gasteiger partial charge in [0.05, 0.1) is 28.0 Å². The second kappa shape index (κ2) is 7.26. The molecule has 0 spiro atoms. The van der Waals surface area contributed by atoms with Gasteiger partial charge in [0.15, 0.2) is 0 Å². The Kier molecular flexibility index (Phi) is 4.90. The van der Waals surface area contributed by atoms with Crippen LogP contribution in [0.15, 0.2) is 54.9 Å². The van der Waals surface area contributed by atoms with Crippen LogP contribution in [0.4, 0.5) is 17.5 Å². The zero-order valence-electron chi connectivity index (χ0n) is 12.0. The Morgan fingerprint density at radius 1 is 0.870 bits per heavy atom. The molecule has 5 nitrogen and oxygen atoms in total. The molecule has 7 heteroatoms. The van der Waals surface area contributed by atoms with Crippen molar-refractivity contribution in [3.63, 3.8) is 0 Å². The maximum atomic E-state index is 6.15. The number of para-hydroxylation sites is 1. The van der Waals surface area contributed by atoms with E-state index >= 15 is 0 Å². The van der Waals surface area contributed by atoms with Crippen LogP contribution in [-0.4, -0.2) is 15.0 Å². The van der Waals surface area contributed by atoms with E-state index in [0.717, 1.165) is 5.69 Å². The minimum atomic E-state index is 0.490. The Hall–Kier alpha value is -2.37. The van der Waals surface area contributed by atoms with Crippen molar-refractivity contribution in [2.75, 3.05) is 10.6 Å². The monoisotopic (exact) mass is 345 g/mol. The van der Waals surface area contributed by atoms with Crippen molar-refractivity contribution < 1.29 is 0 Å². The minimum absolute atomic E-state index is 0.490. The smallest absolute Gasteiger partial charge is 0.224 e. The first-order valence-corrected chi connectivity index (χ1v) is 7.66. The second-order valence-corrected chi connectivity index (χ2v) is 5.48. The molecule has 0 saturated carbocycles. The Morgan fingerprint density at radius 3 is 2.43 bits per heavy atom. The summed E-state index contributed by atoms with van der Waals surface area (Å²) in [4.78, 5) is 12.8. The third-order valence-electron chi connectivity index (χ3n) is 3.03. The molecular weight excluding hydrogens is 333 g/mol. The number of anilines is 3. The molecule has 2 N–H and O–H groups in total. The predicted molar refractivity (Wildman–Crippen MR) is 93.3 cm³/mol. The van der Waals surface area contributed by atoms with Gasteiger partial charge in [-0.25, -0.2) is 4.98 Å². The molecule has 1 aromatic carbocycles. The van der Waals surface area contributed by atoms with Crippen LogP contribution in [0.3, 0.4) is 0 Å². The van der Waals surface area contributed by atoms with Crippen molar-refractivity contribution in [1.82, 2.24) is 15.0 Å².